The number of benzene rings is 1. The van der Waals surface area contributed by atoms with Crippen molar-refractivity contribution in [2.24, 2.45) is 0 Å². The number of rotatable bonds is 8. The predicted octanol–water partition coefficient (Wildman–Crippen LogP) is 4.26. The molecule has 186 valence electrons. The van der Waals surface area contributed by atoms with E-state index in [1.54, 1.807) is 25.4 Å². The number of fused-ring (bicyclic) bond motifs is 1. The highest BCUT2D eigenvalue weighted by Gasteiger charge is 2.28. The minimum atomic E-state index is -3.99. The van der Waals surface area contributed by atoms with Crippen molar-refractivity contribution in [2.75, 3.05) is 10.5 Å². The number of ketones is 1. The minimum Gasteiger partial charge on any atom is -0.287 e. The molecule has 36 heavy (non-hydrogen) atoms. The van der Waals surface area contributed by atoms with Crippen molar-refractivity contribution in [2.45, 2.75) is 39.0 Å². The SMILES string of the molecule is CCCS(=O)(=O)Nc1c(F)ccc(C(=O)c2n[nH]c3ncc(-c4cnc(C5CC5)nc4C)cc23)c1F. The summed E-state index contributed by atoms with van der Waals surface area (Å²) in [4.78, 5) is 26.6. The van der Waals surface area contributed by atoms with Gasteiger partial charge in [-0.05, 0) is 44.4 Å². The van der Waals surface area contributed by atoms with Gasteiger partial charge in [0.1, 0.15) is 23.0 Å². The number of H-pyrrole nitrogens is 1. The fourth-order valence-electron chi connectivity index (χ4n) is 3.95. The summed E-state index contributed by atoms with van der Waals surface area (Å²) in [6.07, 6.45) is 5.72. The number of aromatic amines is 1. The molecule has 0 amide bonds. The molecule has 0 saturated heterocycles. The fourth-order valence-corrected chi connectivity index (χ4v) is 5.09. The smallest absolute Gasteiger partial charge is 0.232 e. The Kier molecular flexibility index (Phi) is 5.99. The molecule has 5 rings (SSSR count). The molecular formula is C24H22F2N6O3S. The summed E-state index contributed by atoms with van der Waals surface area (Å²) in [6.45, 7) is 3.48. The molecule has 9 nitrogen and oxygen atoms in total. The molecule has 2 N–H and O–H groups in total. The Morgan fingerprint density at radius 3 is 2.67 bits per heavy atom. The van der Waals surface area contributed by atoms with E-state index in [0.717, 1.165) is 42.1 Å². The van der Waals surface area contributed by atoms with Crippen LogP contribution in [0, 0.1) is 18.6 Å². The number of aryl methyl sites for hydroxylation is 1. The van der Waals surface area contributed by atoms with Gasteiger partial charge in [-0.25, -0.2) is 32.2 Å². The van der Waals surface area contributed by atoms with Crippen LogP contribution >= 0.6 is 0 Å². The number of carbonyl (C=O) groups is 1. The number of nitrogens with zero attached hydrogens (tertiary/aromatic N) is 4. The van der Waals surface area contributed by atoms with Gasteiger partial charge in [-0.1, -0.05) is 6.92 Å². The number of aromatic nitrogens is 5. The van der Waals surface area contributed by atoms with Crippen LogP contribution in [0.1, 0.15) is 59.7 Å². The van der Waals surface area contributed by atoms with Crippen LogP contribution in [0.4, 0.5) is 14.5 Å². The first kappa shape index (κ1) is 23.9. The lowest BCUT2D eigenvalue weighted by atomic mass is 10.0. The number of nitrogens with one attached hydrogen (secondary N) is 2. The van der Waals surface area contributed by atoms with Gasteiger partial charge in [-0.3, -0.25) is 14.6 Å². The summed E-state index contributed by atoms with van der Waals surface area (Å²) < 4.78 is 55.6. The van der Waals surface area contributed by atoms with Crippen LogP contribution in [0.15, 0.2) is 30.6 Å². The van der Waals surface area contributed by atoms with Gasteiger partial charge in [0.05, 0.1) is 16.7 Å². The Bertz CT molecular complexity index is 1620. The van der Waals surface area contributed by atoms with Gasteiger partial charge >= 0.3 is 0 Å². The molecule has 1 aliphatic rings. The maximum absolute atomic E-state index is 15.2. The van der Waals surface area contributed by atoms with Crippen LogP contribution in [0.3, 0.4) is 0 Å². The average Bonchev–Trinajstić information content (AvgIpc) is 3.60. The van der Waals surface area contributed by atoms with E-state index in [4.69, 9.17) is 0 Å². The van der Waals surface area contributed by atoms with E-state index in [1.165, 1.54) is 0 Å². The van der Waals surface area contributed by atoms with E-state index in [2.05, 4.69) is 25.1 Å². The molecule has 0 unspecified atom stereocenters. The lowest BCUT2D eigenvalue weighted by Gasteiger charge is -2.11. The molecule has 1 aromatic carbocycles. The second-order valence-corrected chi connectivity index (χ2v) is 10.6. The molecule has 3 aromatic heterocycles. The lowest BCUT2D eigenvalue weighted by Crippen LogP contribution is -2.19. The van der Waals surface area contributed by atoms with Crippen LogP contribution < -0.4 is 4.72 Å². The van der Waals surface area contributed by atoms with Crippen LogP contribution in [0.25, 0.3) is 22.2 Å². The van der Waals surface area contributed by atoms with Crippen molar-refractivity contribution in [1.29, 1.82) is 0 Å². The Morgan fingerprint density at radius 1 is 1.19 bits per heavy atom. The number of sulfonamides is 1. The zero-order valence-corrected chi connectivity index (χ0v) is 20.3. The number of hydrogen-bond donors (Lipinski definition) is 2. The monoisotopic (exact) mass is 512 g/mol. The Balaban J connectivity index is 1.53. The number of halogens is 2. The number of carbonyl (C=O) groups excluding carboxylic acids is 1. The third kappa shape index (κ3) is 4.43. The zero-order chi connectivity index (χ0) is 25.6. The predicted molar refractivity (Wildman–Crippen MR) is 129 cm³/mol. The average molecular weight is 513 g/mol. The van der Waals surface area contributed by atoms with E-state index in [1.807, 2.05) is 11.6 Å². The van der Waals surface area contributed by atoms with Crippen molar-refractivity contribution in [3.63, 3.8) is 0 Å². The minimum absolute atomic E-state index is 0.139. The number of anilines is 1. The van der Waals surface area contributed by atoms with Crippen LogP contribution in [-0.4, -0.2) is 45.1 Å². The van der Waals surface area contributed by atoms with E-state index in [-0.39, 0.29) is 17.9 Å². The van der Waals surface area contributed by atoms with Crippen molar-refractivity contribution in [1.82, 2.24) is 25.1 Å². The Morgan fingerprint density at radius 2 is 1.97 bits per heavy atom. The summed E-state index contributed by atoms with van der Waals surface area (Å²) in [5.74, 6) is -2.43. The molecule has 1 saturated carbocycles. The largest absolute Gasteiger partial charge is 0.287 e. The van der Waals surface area contributed by atoms with Crippen LogP contribution in [-0.2, 0) is 10.0 Å². The van der Waals surface area contributed by atoms with Crippen molar-refractivity contribution >= 4 is 32.5 Å². The maximum atomic E-state index is 15.2. The maximum Gasteiger partial charge on any atom is 0.232 e. The molecule has 0 atom stereocenters. The van der Waals surface area contributed by atoms with Crippen LogP contribution in [0.2, 0.25) is 0 Å². The number of pyridine rings is 1. The van der Waals surface area contributed by atoms with Gasteiger partial charge in [-0.2, -0.15) is 5.10 Å². The quantitative estimate of drug-likeness (QED) is 0.337. The summed E-state index contributed by atoms with van der Waals surface area (Å²) in [7, 11) is -3.99. The fraction of sp³-hybridized carbons (Fsp3) is 0.292. The van der Waals surface area contributed by atoms with Gasteiger partial charge in [0.2, 0.25) is 15.8 Å². The van der Waals surface area contributed by atoms with Gasteiger partial charge in [0, 0.05) is 35.1 Å². The molecule has 4 aromatic rings. The molecule has 0 bridgehead atoms. The van der Waals surface area contributed by atoms with E-state index in [0.29, 0.717) is 22.5 Å². The molecule has 12 heteroatoms. The topological polar surface area (TPSA) is 131 Å². The highest BCUT2D eigenvalue weighted by atomic mass is 32.2. The summed E-state index contributed by atoms with van der Waals surface area (Å²) in [6, 6.07) is 3.46. The molecule has 0 aliphatic heterocycles. The summed E-state index contributed by atoms with van der Waals surface area (Å²) in [5, 5.41) is 6.97. The van der Waals surface area contributed by atoms with Gasteiger partial charge in [-0.15, -0.1) is 0 Å². The first-order valence-electron chi connectivity index (χ1n) is 11.4. The molecule has 3 heterocycles. The van der Waals surface area contributed by atoms with E-state index in [9.17, 15) is 17.6 Å². The first-order chi connectivity index (χ1) is 17.2. The second kappa shape index (κ2) is 9.01. The molecular weight excluding hydrogens is 490 g/mol. The molecule has 1 aliphatic carbocycles. The second-order valence-electron chi connectivity index (χ2n) is 8.73. The zero-order valence-electron chi connectivity index (χ0n) is 19.5. The summed E-state index contributed by atoms with van der Waals surface area (Å²) >= 11 is 0. The van der Waals surface area contributed by atoms with Crippen molar-refractivity contribution < 1.29 is 22.0 Å². The molecule has 0 spiro atoms. The highest BCUT2D eigenvalue weighted by Crippen LogP contribution is 2.38. The normalized spacial score (nSPS) is 13.8. The molecule has 1 fully saturated rings. The third-order valence-corrected chi connectivity index (χ3v) is 7.41. The Labute approximate surface area is 205 Å². The van der Waals surface area contributed by atoms with Gasteiger partial charge in [0.15, 0.2) is 11.5 Å². The van der Waals surface area contributed by atoms with Gasteiger partial charge < -0.3 is 0 Å². The van der Waals surface area contributed by atoms with Crippen molar-refractivity contribution in [3.8, 4) is 11.1 Å². The molecule has 0 radical (unpaired) electrons. The van der Waals surface area contributed by atoms with Crippen molar-refractivity contribution in [3.05, 3.63) is 65.0 Å². The Hall–Kier alpha value is -3.80. The summed E-state index contributed by atoms with van der Waals surface area (Å²) in [5.41, 5.74) is 0.855. The highest BCUT2D eigenvalue weighted by molar-refractivity contribution is 7.92. The standard InChI is InChI=1S/C24H22F2N6O3S/c1-3-8-36(34,35)32-21-18(25)7-6-15(19(21)26)22(33)20-16-9-14(10-27-24(16)31-30-20)17-11-28-23(13-4-5-13)29-12(17)2/h6-7,9-11,13,32H,3-5,8H2,1-2H3,(H,27,30,31). The third-order valence-electron chi connectivity index (χ3n) is 5.95. The van der Waals surface area contributed by atoms with E-state index < -0.39 is 38.7 Å². The van der Waals surface area contributed by atoms with E-state index >= 15 is 4.39 Å². The van der Waals surface area contributed by atoms with Gasteiger partial charge in [0.25, 0.3) is 0 Å². The first-order valence-corrected chi connectivity index (χ1v) is 13.0. The lowest BCUT2D eigenvalue weighted by molar-refractivity contribution is 0.103. The van der Waals surface area contributed by atoms with Crippen LogP contribution in [0.5, 0.6) is 0 Å². The number of hydrogen-bond acceptors (Lipinski definition) is 7.